The molecule has 0 aliphatic heterocycles. The van der Waals surface area contributed by atoms with E-state index in [1.54, 1.807) is 37.3 Å². The van der Waals surface area contributed by atoms with E-state index in [1.807, 2.05) is 25.1 Å². The van der Waals surface area contributed by atoms with Crippen molar-refractivity contribution in [1.82, 2.24) is 0 Å². The largest absolute Gasteiger partial charge is 0.462 e. The van der Waals surface area contributed by atoms with Gasteiger partial charge in [0.2, 0.25) is 11.8 Å². The third-order valence-electron chi connectivity index (χ3n) is 3.30. The highest BCUT2D eigenvalue weighted by Crippen LogP contribution is 2.12. The molecular weight excluding hydrogens is 320 g/mol. The number of nitrogens with one attached hydrogen (secondary N) is 2. The van der Waals surface area contributed by atoms with Crippen molar-refractivity contribution >= 4 is 29.2 Å². The van der Waals surface area contributed by atoms with Gasteiger partial charge in [-0.05, 0) is 55.8 Å². The normalized spacial score (nSPS) is 10.0. The fourth-order valence-electron chi connectivity index (χ4n) is 2.18. The Morgan fingerprint density at radius 3 is 2.16 bits per heavy atom. The van der Waals surface area contributed by atoms with Crippen LogP contribution in [0.3, 0.4) is 0 Å². The Morgan fingerprint density at radius 1 is 0.920 bits per heavy atom. The third kappa shape index (κ3) is 5.76. The van der Waals surface area contributed by atoms with Crippen LogP contribution in [0.2, 0.25) is 0 Å². The zero-order valence-electron chi connectivity index (χ0n) is 14.2. The van der Waals surface area contributed by atoms with Crippen molar-refractivity contribution in [3.8, 4) is 0 Å². The van der Waals surface area contributed by atoms with Crippen LogP contribution in [0.1, 0.15) is 29.3 Å². The first-order chi connectivity index (χ1) is 12.0. The first-order valence-corrected chi connectivity index (χ1v) is 7.91. The Balaban J connectivity index is 1.87. The van der Waals surface area contributed by atoms with Crippen LogP contribution < -0.4 is 10.6 Å². The van der Waals surface area contributed by atoms with Gasteiger partial charge in [0.1, 0.15) is 6.42 Å². The van der Waals surface area contributed by atoms with Crippen LogP contribution in [0, 0.1) is 6.92 Å². The minimum absolute atomic E-state index is 0.298. The number of anilines is 2. The summed E-state index contributed by atoms with van der Waals surface area (Å²) in [7, 11) is 0. The number of carbonyl (C=O) groups is 3. The van der Waals surface area contributed by atoms with Crippen LogP contribution in [-0.4, -0.2) is 24.4 Å². The molecule has 0 atom stereocenters. The molecular formula is C19H20N2O4. The average Bonchev–Trinajstić information content (AvgIpc) is 2.55. The molecule has 0 aliphatic carbocycles. The number of carbonyl (C=O) groups excluding carboxylic acids is 3. The summed E-state index contributed by atoms with van der Waals surface area (Å²) in [4.78, 5) is 35.4. The number of rotatable bonds is 6. The van der Waals surface area contributed by atoms with Crippen LogP contribution in [0.5, 0.6) is 0 Å². The van der Waals surface area contributed by atoms with Crippen LogP contribution in [0.15, 0.2) is 48.5 Å². The minimum atomic E-state index is -0.436. The molecule has 25 heavy (non-hydrogen) atoms. The molecule has 0 fully saturated rings. The Labute approximate surface area is 146 Å². The summed E-state index contributed by atoms with van der Waals surface area (Å²) < 4.78 is 4.89. The molecule has 0 radical (unpaired) electrons. The molecule has 2 amide bonds. The lowest BCUT2D eigenvalue weighted by molar-refractivity contribution is -0.123. The highest BCUT2D eigenvalue weighted by molar-refractivity contribution is 6.08. The number of amides is 2. The lowest BCUT2D eigenvalue weighted by atomic mass is 10.2. The van der Waals surface area contributed by atoms with Gasteiger partial charge in [-0.3, -0.25) is 9.59 Å². The maximum Gasteiger partial charge on any atom is 0.338 e. The average molecular weight is 340 g/mol. The number of aryl methyl sites for hydroxylation is 1. The van der Waals surface area contributed by atoms with Crippen molar-refractivity contribution in [2.45, 2.75) is 20.3 Å². The number of hydrogen-bond donors (Lipinski definition) is 2. The molecule has 0 unspecified atom stereocenters. The number of ether oxygens (including phenoxy) is 1. The van der Waals surface area contributed by atoms with Crippen molar-refractivity contribution in [3.63, 3.8) is 0 Å². The second kappa shape index (κ2) is 8.63. The van der Waals surface area contributed by atoms with Gasteiger partial charge in [-0.25, -0.2) is 4.79 Å². The summed E-state index contributed by atoms with van der Waals surface area (Å²) >= 11 is 0. The number of benzene rings is 2. The first-order valence-electron chi connectivity index (χ1n) is 7.91. The van der Waals surface area contributed by atoms with E-state index < -0.39 is 17.8 Å². The molecule has 0 aliphatic rings. The van der Waals surface area contributed by atoms with E-state index in [1.165, 1.54) is 0 Å². The fraction of sp³-hybridized carbons (Fsp3) is 0.211. The fourth-order valence-corrected chi connectivity index (χ4v) is 2.18. The quantitative estimate of drug-likeness (QED) is 0.625. The highest BCUT2D eigenvalue weighted by Gasteiger charge is 2.11. The van der Waals surface area contributed by atoms with Crippen LogP contribution >= 0.6 is 0 Å². The number of hydrogen-bond acceptors (Lipinski definition) is 4. The van der Waals surface area contributed by atoms with Crippen molar-refractivity contribution in [3.05, 3.63) is 59.7 Å². The lowest BCUT2D eigenvalue weighted by Crippen LogP contribution is -2.21. The topological polar surface area (TPSA) is 84.5 Å². The molecule has 0 saturated heterocycles. The number of esters is 1. The molecule has 0 saturated carbocycles. The SMILES string of the molecule is CCOC(=O)c1ccc(NC(=O)CC(=O)Nc2cccc(C)c2)cc1. The molecule has 2 aromatic carbocycles. The van der Waals surface area contributed by atoms with E-state index in [2.05, 4.69) is 10.6 Å². The van der Waals surface area contributed by atoms with E-state index in [4.69, 9.17) is 4.74 Å². The molecule has 0 spiro atoms. The third-order valence-corrected chi connectivity index (χ3v) is 3.30. The lowest BCUT2D eigenvalue weighted by Gasteiger charge is -2.08. The Bertz CT molecular complexity index is 769. The summed E-state index contributed by atoms with van der Waals surface area (Å²) in [5.74, 6) is -1.25. The van der Waals surface area contributed by atoms with Gasteiger partial charge in [0, 0.05) is 11.4 Å². The van der Waals surface area contributed by atoms with Gasteiger partial charge in [-0.1, -0.05) is 12.1 Å². The Morgan fingerprint density at radius 2 is 1.56 bits per heavy atom. The first kappa shape index (κ1) is 18.2. The van der Waals surface area contributed by atoms with Crippen molar-refractivity contribution in [2.75, 3.05) is 17.2 Å². The van der Waals surface area contributed by atoms with Gasteiger partial charge in [0.15, 0.2) is 0 Å². The van der Waals surface area contributed by atoms with Gasteiger partial charge < -0.3 is 15.4 Å². The van der Waals surface area contributed by atoms with E-state index in [-0.39, 0.29) is 6.42 Å². The van der Waals surface area contributed by atoms with E-state index in [0.717, 1.165) is 5.56 Å². The van der Waals surface area contributed by atoms with E-state index in [0.29, 0.717) is 23.5 Å². The summed E-state index contributed by atoms with van der Waals surface area (Å²) in [6.45, 7) is 3.95. The molecule has 130 valence electrons. The zero-order chi connectivity index (χ0) is 18.2. The molecule has 6 nitrogen and oxygen atoms in total. The highest BCUT2D eigenvalue weighted by atomic mass is 16.5. The van der Waals surface area contributed by atoms with E-state index in [9.17, 15) is 14.4 Å². The maximum atomic E-state index is 11.9. The molecule has 0 aromatic heterocycles. The van der Waals surface area contributed by atoms with Crippen LogP contribution in [-0.2, 0) is 14.3 Å². The predicted molar refractivity (Wildman–Crippen MR) is 95.5 cm³/mol. The van der Waals surface area contributed by atoms with Crippen molar-refractivity contribution in [1.29, 1.82) is 0 Å². The summed E-state index contributed by atoms with van der Waals surface area (Å²) in [5, 5.41) is 5.29. The van der Waals surface area contributed by atoms with Gasteiger partial charge >= 0.3 is 5.97 Å². The predicted octanol–water partition coefficient (Wildman–Crippen LogP) is 3.14. The monoisotopic (exact) mass is 340 g/mol. The smallest absolute Gasteiger partial charge is 0.338 e. The van der Waals surface area contributed by atoms with Crippen LogP contribution in [0.25, 0.3) is 0 Å². The standard InChI is InChI=1S/C19H20N2O4/c1-3-25-19(24)14-7-9-15(10-8-14)20-17(22)12-18(23)21-16-6-4-5-13(2)11-16/h4-11H,3,12H2,1-2H3,(H,20,22)(H,21,23). The summed E-state index contributed by atoms with van der Waals surface area (Å²) in [6, 6.07) is 13.6. The molecule has 6 heteroatoms. The molecule has 0 bridgehead atoms. The van der Waals surface area contributed by atoms with Crippen molar-refractivity contribution in [2.24, 2.45) is 0 Å². The van der Waals surface area contributed by atoms with Gasteiger partial charge in [-0.15, -0.1) is 0 Å². The minimum Gasteiger partial charge on any atom is -0.462 e. The van der Waals surface area contributed by atoms with Gasteiger partial charge in [0.05, 0.1) is 12.2 Å². The molecule has 2 rings (SSSR count). The second-order valence-electron chi connectivity index (χ2n) is 5.44. The summed E-state index contributed by atoms with van der Waals surface area (Å²) in [6.07, 6.45) is -0.298. The van der Waals surface area contributed by atoms with Crippen LogP contribution in [0.4, 0.5) is 11.4 Å². The molecule has 2 aromatic rings. The maximum absolute atomic E-state index is 11.9. The van der Waals surface area contributed by atoms with E-state index >= 15 is 0 Å². The Hall–Kier alpha value is -3.15. The second-order valence-corrected chi connectivity index (χ2v) is 5.44. The molecule has 0 heterocycles. The zero-order valence-corrected chi connectivity index (χ0v) is 14.2. The summed E-state index contributed by atoms with van der Waals surface area (Å²) in [5.41, 5.74) is 2.57. The Kier molecular flexibility index (Phi) is 6.28. The van der Waals surface area contributed by atoms with Crippen molar-refractivity contribution < 1.29 is 19.1 Å². The van der Waals surface area contributed by atoms with Gasteiger partial charge in [-0.2, -0.15) is 0 Å². The molecule has 2 N–H and O–H groups in total. The van der Waals surface area contributed by atoms with Gasteiger partial charge in [0.25, 0.3) is 0 Å².